The third-order valence-corrected chi connectivity index (χ3v) is 5.47. The van der Waals surface area contributed by atoms with E-state index in [1.54, 1.807) is 45.9 Å². The molecule has 0 radical (unpaired) electrons. The van der Waals surface area contributed by atoms with E-state index < -0.39 is 28.8 Å². The van der Waals surface area contributed by atoms with Crippen molar-refractivity contribution in [2.45, 2.75) is 72.1 Å². The fraction of sp³-hybridized carbons (Fsp3) is 0.481. The van der Waals surface area contributed by atoms with Gasteiger partial charge in [0.1, 0.15) is 17.4 Å². The molecule has 37 heavy (non-hydrogen) atoms. The molecule has 9 nitrogen and oxygen atoms in total. The Morgan fingerprint density at radius 3 is 2.35 bits per heavy atom. The number of pyridine rings is 1. The Labute approximate surface area is 221 Å². The third kappa shape index (κ3) is 7.42. The number of benzene rings is 1. The summed E-state index contributed by atoms with van der Waals surface area (Å²) in [4.78, 5) is 31.0. The van der Waals surface area contributed by atoms with Crippen molar-refractivity contribution in [3.63, 3.8) is 0 Å². The Morgan fingerprint density at radius 2 is 1.78 bits per heavy atom. The van der Waals surface area contributed by atoms with Crippen molar-refractivity contribution in [1.82, 2.24) is 14.7 Å². The summed E-state index contributed by atoms with van der Waals surface area (Å²) in [6.45, 7) is 13.1. The molecule has 2 heterocycles. The Morgan fingerprint density at radius 1 is 1.08 bits per heavy atom. The van der Waals surface area contributed by atoms with E-state index in [1.165, 1.54) is 23.9 Å². The zero-order valence-corrected chi connectivity index (χ0v) is 23.3. The highest BCUT2D eigenvalue weighted by atomic mass is 35.5. The van der Waals surface area contributed by atoms with E-state index in [1.807, 2.05) is 20.8 Å². The zero-order chi connectivity index (χ0) is 27.5. The summed E-state index contributed by atoms with van der Waals surface area (Å²) in [5.41, 5.74) is 0.0678. The highest BCUT2D eigenvalue weighted by Gasteiger charge is 2.29. The molecule has 0 aliphatic carbocycles. The topological polar surface area (TPSA) is 106 Å². The first kappa shape index (κ1) is 28.4. The van der Waals surface area contributed by atoms with Crippen LogP contribution in [0.15, 0.2) is 39.8 Å². The normalized spacial score (nSPS) is 12.9. The van der Waals surface area contributed by atoms with Crippen molar-refractivity contribution < 1.29 is 23.5 Å². The molecule has 0 aliphatic rings. The maximum absolute atomic E-state index is 13.5. The second kappa shape index (κ2) is 11.1. The molecule has 200 valence electrons. The molecule has 0 saturated carbocycles. The van der Waals surface area contributed by atoms with E-state index in [2.05, 4.69) is 10.1 Å². The van der Waals surface area contributed by atoms with E-state index in [0.717, 1.165) is 0 Å². The van der Waals surface area contributed by atoms with Crippen molar-refractivity contribution in [2.75, 3.05) is 13.7 Å². The number of nitrogens with zero attached hydrogens (tertiary/aromatic N) is 3. The summed E-state index contributed by atoms with van der Waals surface area (Å²) in [5.74, 6) is 0.564. The number of methoxy groups -OCH3 is 1. The molecule has 3 rings (SSSR count). The molecule has 2 aromatic heterocycles. The van der Waals surface area contributed by atoms with E-state index in [9.17, 15) is 9.59 Å². The molecule has 0 fully saturated rings. The van der Waals surface area contributed by atoms with E-state index >= 15 is 0 Å². The second-order valence-electron chi connectivity index (χ2n) is 10.6. The van der Waals surface area contributed by atoms with Gasteiger partial charge in [-0.1, -0.05) is 16.8 Å². The molecule has 0 spiro atoms. The summed E-state index contributed by atoms with van der Waals surface area (Å²) in [6.07, 6.45) is 1.74. The monoisotopic (exact) mass is 531 g/mol. The van der Waals surface area contributed by atoms with Crippen LogP contribution in [-0.2, 0) is 14.3 Å². The quantitative estimate of drug-likeness (QED) is 0.345. The van der Waals surface area contributed by atoms with Gasteiger partial charge in [0.15, 0.2) is 5.82 Å². The van der Waals surface area contributed by atoms with Gasteiger partial charge in [-0.3, -0.25) is 9.36 Å². The van der Waals surface area contributed by atoms with Crippen LogP contribution in [0.3, 0.4) is 0 Å². The van der Waals surface area contributed by atoms with Gasteiger partial charge >= 0.3 is 5.97 Å². The SMILES string of the molecule is COc1cn(C(CCOC(C)(C)C)C(=O)OC(C)(C)C)c(=O)cc1-c1cc(Cl)ccc1-c1nc(C)no1. The third-order valence-electron chi connectivity index (χ3n) is 5.23. The first-order chi connectivity index (χ1) is 17.2. The Bertz CT molecular complexity index is 1320. The standard InChI is InChI=1S/C27H34ClN3O6/c1-16-29-24(37-30-16)18-10-9-17(28)13-19(18)20-14-23(32)31(15-22(20)34-8)21(11-12-35-26(2,3)4)25(33)36-27(5,6)7/h9-10,13-15,21H,11-12H2,1-8H3. The maximum Gasteiger partial charge on any atom is 0.329 e. The average Bonchev–Trinajstić information content (AvgIpc) is 3.21. The number of carbonyl (C=O) groups is 1. The minimum absolute atomic E-state index is 0.234. The number of esters is 1. The Kier molecular flexibility index (Phi) is 8.49. The number of hydrogen-bond donors (Lipinski definition) is 0. The van der Waals surface area contributed by atoms with Crippen LogP contribution in [0.4, 0.5) is 0 Å². The number of ether oxygens (including phenoxy) is 3. The number of aromatic nitrogens is 3. The second-order valence-corrected chi connectivity index (χ2v) is 11.1. The lowest BCUT2D eigenvalue weighted by Crippen LogP contribution is -2.36. The van der Waals surface area contributed by atoms with Crippen LogP contribution in [0.1, 0.15) is 59.8 Å². The van der Waals surface area contributed by atoms with Crippen LogP contribution in [0.25, 0.3) is 22.6 Å². The fourth-order valence-electron chi connectivity index (χ4n) is 3.69. The summed E-state index contributed by atoms with van der Waals surface area (Å²) in [6, 6.07) is 5.61. The van der Waals surface area contributed by atoms with Gasteiger partial charge in [-0.2, -0.15) is 4.98 Å². The molecule has 1 aromatic carbocycles. The van der Waals surface area contributed by atoms with Gasteiger partial charge in [0.2, 0.25) is 0 Å². The van der Waals surface area contributed by atoms with E-state index in [4.69, 9.17) is 30.3 Å². The van der Waals surface area contributed by atoms with Crippen LogP contribution in [0.2, 0.25) is 5.02 Å². The first-order valence-corrected chi connectivity index (χ1v) is 12.3. The fourth-order valence-corrected chi connectivity index (χ4v) is 3.87. The number of rotatable bonds is 8. The summed E-state index contributed by atoms with van der Waals surface area (Å²) >= 11 is 6.31. The highest BCUT2D eigenvalue weighted by Crippen LogP contribution is 2.38. The van der Waals surface area contributed by atoms with Crippen molar-refractivity contribution in [3.8, 4) is 28.3 Å². The molecule has 0 saturated heterocycles. The molecular formula is C27H34ClN3O6. The zero-order valence-electron chi connectivity index (χ0n) is 22.5. The lowest BCUT2D eigenvalue weighted by Gasteiger charge is -2.27. The molecule has 1 atom stereocenters. The van der Waals surface area contributed by atoms with Crippen LogP contribution in [0.5, 0.6) is 5.75 Å². The van der Waals surface area contributed by atoms with Crippen molar-refractivity contribution in [3.05, 3.63) is 51.7 Å². The average molecular weight is 532 g/mol. The van der Waals surface area contributed by atoms with Gasteiger partial charge in [-0.15, -0.1) is 0 Å². The van der Waals surface area contributed by atoms with Crippen molar-refractivity contribution in [2.24, 2.45) is 0 Å². The molecule has 1 unspecified atom stereocenters. The number of aryl methyl sites for hydroxylation is 1. The van der Waals surface area contributed by atoms with Gasteiger partial charge in [0.25, 0.3) is 11.4 Å². The number of halogens is 1. The van der Waals surface area contributed by atoms with Crippen molar-refractivity contribution in [1.29, 1.82) is 0 Å². The lowest BCUT2D eigenvalue weighted by molar-refractivity contribution is -0.160. The Balaban J connectivity index is 2.12. The predicted molar refractivity (Wildman–Crippen MR) is 141 cm³/mol. The van der Waals surface area contributed by atoms with Gasteiger partial charge in [-0.05, 0) is 72.2 Å². The lowest BCUT2D eigenvalue weighted by atomic mass is 9.99. The maximum atomic E-state index is 13.5. The van der Waals surface area contributed by atoms with Crippen LogP contribution in [0, 0.1) is 6.92 Å². The smallest absolute Gasteiger partial charge is 0.329 e. The molecule has 0 N–H and O–H groups in total. The number of hydrogen-bond acceptors (Lipinski definition) is 8. The summed E-state index contributed by atoms with van der Waals surface area (Å²) in [5, 5.41) is 4.31. The Hall–Kier alpha value is -3.17. The molecule has 10 heteroatoms. The molecule has 3 aromatic rings. The van der Waals surface area contributed by atoms with Gasteiger partial charge < -0.3 is 18.7 Å². The largest absolute Gasteiger partial charge is 0.495 e. The number of carbonyl (C=O) groups excluding carboxylic acids is 1. The summed E-state index contributed by atoms with van der Waals surface area (Å²) in [7, 11) is 1.49. The predicted octanol–water partition coefficient (Wildman–Crippen LogP) is 5.62. The van der Waals surface area contributed by atoms with Crippen LogP contribution >= 0.6 is 11.6 Å². The minimum Gasteiger partial charge on any atom is -0.495 e. The molecule has 0 bridgehead atoms. The van der Waals surface area contributed by atoms with Gasteiger partial charge in [-0.25, -0.2) is 4.79 Å². The molecule has 0 aliphatic heterocycles. The minimum atomic E-state index is -0.922. The molecule has 0 amide bonds. The van der Waals surface area contributed by atoms with E-state index in [0.29, 0.717) is 33.3 Å². The van der Waals surface area contributed by atoms with Crippen LogP contribution < -0.4 is 10.3 Å². The molecular weight excluding hydrogens is 498 g/mol. The van der Waals surface area contributed by atoms with E-state index in [-0.39, 0.29) is 18.9 Å². The van der Waals surface area contributed by atoms with Crippen LogP contribution in [-0.4, -0.2) is 45.6 Å². The first-order valence-electron chi connectivity index (χ1n) is 12.0. The van der Waals surface area contributed by atoms with Crippen molar-refractivity contribution >= 4 is 17.6 Å². The van der Waals surface area contributed by atoms with Gasteiger partial charge in [0.05, 0.1) is 18.9 Å². The highest BCUT2D eigenvalue weighted by molar-refractivity contribution is 6.31. The van der Waals surface area contributed by atoms with Gasteiger partial charge in [0, 0.05) is 35.2 Å². The summed E-state index contributed by atoms with van der Waals surface area (Å²) < 4.78 is 23.8.